The highest BCUT2D eigenvalue weighted by atomic mass is 16.5. The van der Waals surface area contributed by atoms with E-state index in [2.05, 4.69) is 0 Å². The van der Waals surface area contributed by atoms with Crippen LogP contribution in [0.1, 0.15) is 17.7 Å². The van der Waals surface area contributed by atoms with Gasteiger partial charge in [-0.1, -0.05) is 0 Å². The molecule has 0 fully saturated rings. The minimum absolute atomic E-state index is 0.0546. The minimum atomic E-state index is -0.911. The number of pyridine rings is 1. The van der Waals surface area contributed by atoms with E-state index in [0.29, 0.717) is 5.56 Å². The van der Waals surface area contributed by atoms with Gasteiger partial charge in [0.15, 0.2) is 5.43 Å². The second-order valence-corrected chi connectivity index (χ2v) is 4.77. The van der Waals surface area contributed by atoms with Crippen molar-refractivity contribution < 1.29 is 14.6 Å². The van der Waals surface area contributed by atoms with Crippen LogP contribution in [0, 0.1) is 6.92 Å². The molecule has 5 heteroatoms. The van der Waals surface area contributed by atoms with Crippen molar-refractivity contribution in [3.63, 3.8) is 0 Å². The molecule has 2 aromatic rings. The van der Waals surface area contributed by atoms with Gasteiger partial charge < -0.3 is 14.4 Å². The second-order valence-electron chi connectivity index (χ2n) is 4.77. The van der Waals surface area contributed by atoms with Gasteiger partial charge in [0.2, 0.25) is 0 Å². The Morgan fingerprint density at radius 2 is 1.95 bits per heavy atom. The van der Waals surface area contributed by atoms with Crippen molar-refractivity contribution in [3.05, 3.63) is 58.0 Å². The number of methoxy groups -OCH3 is 1. The number of rotatable bonds is 5. The van der Waals surface area contributed by atoms with E-state index in [1.54, 1.807) is 13.3 Å². The zero-order valence-corrected chi connectivity index (χ0v) is 12.0. The van der Waals surface area contributed by atoms with Crippen molar-refractivity contribution in [2.24, 2.45) is 0 Å². The number of aryl methyl sites for hydroxylation is 2. The topological polar surface area (TPSA) is 68.5 Å². The summed E-state index contributed by atoms with van der Waals surface area (Å²) in [5, 5.41) is 8.74. The van der Waals surface area contributed by atoms with Gasteiger partial charge >= 0.3 is 5.97 Å². The Bertz CT molecular complexity index is 701. The Hall–Kier alpha value is -2.56. The van der Waals surface area contributed by atoms with Crippen LogP contribution in [0.25, 0.3) is 5.69 Å². The maximum absolute atomic E-state index is 11.9. The van der Waals surface area contributed by atoms with Gasteiger partial charge in [-0.25, -0.2) is 0 Å². The van der Waals surface area contributed by atoms with Gasteiger partial charge in [-0.3, -0.25) is 9.59 Å². The van der Waals surface area contributed by atoms with Gasteiger partial charge in [0.05, 0.1) is 7.11 Å². The van der Waals surface area contributed by atoms with E-state index in [0.717, 1.165) is 17.1 Å². The lowest BCUT2D eigenvalue weighted by atomic mass is 10.1. The molecule has 1 N–H and O–H groups in total. The van der Waals surface area contributed by atoms with Gasteiger partial charge in [0.1, 0.15) is 5.75 Å². The summed E-state index contributed by atoms with van der Waals surface area (Å²) < 4.78 is 6.99. The summed E-state index contributed by atoms with van der Waals surface area (Å²) in [6, 6.07) is 8.98. The van der Waals surface area contributed by atoms with Gasteiger partial charge in [-0.05, 0) is 37.6 Å². The monoisotopic (exact) mass is 287 g/mol. The van der Waals surface area contributed by atoms with Crippen molar-refractivity contribution in [2.75, 3.05) is 7.11 Å². The predicted octanol–water partition coefficient (Wildman–Crippen LogP) is 2.17. The molecule has 0 unspecified atom stereocenters. The molecule has 0 saturated carbocycles. The molecule has 2 rings (SSSR count). The number of benzene rings is 1. The lowest BCUT2D eigenvalue weighted by molar-refractivity contribution is -0.136. The van der Waals surface area contributed by atoms with Crippen LogP contribution >= 0.6 is 0 Å². The van der Waals surface area contributed by atoms with Crippen LogP contribution in [0.15, 0.2) is 41.3 Å². The normalized spacial score (nSPS) is 10.4. The average Bonchev–Trinajstić information content (AvgIpc) is 2.46. The van der Waals surface area contributed by atoms with Crippen LogP contribution in [-0.4, -0.2) is 22.8 Å². The third kappa shape index (κ3) is 3.51. The zero-order valence-electron chi connectivity index (χ0n) is 12.0. The van der Waals surface area contributed by atoms with Crippen molar-refractivity contribution in [3.8, 4) is 11.4 Å². The number of aliphatic carboxylic acids is 1. The average molecular weight is 287 g/mol. The molecule has 0 spiro atoms. The van der Waals surface area contributed by atoms with Crippen LogP contribution in [0.5, 0.6) is 5.75 Å². The molecule has 0 saturated heterocycles. The lowest BCUT2D eigenvalue weighted by Gasteiger charge is -2.13. The van der Waals surface area contributed by atoms with Crippen LogP contribution in [0.4, 0.5) is 0 Å². The first-order valence-electron chi connectivity index (χ1n) is 6.59. The molecule has 0 radical (unpaired) electrons. The van der Waals surface area contributed by atoms with E-state index < -0.39 is 5.97 Å². The van der Waals surface area contributed by atoms with E-state index >= 15 is 0 Å². The Kier molecular flexibility index (Phi) is 4.42. The summed E-state index contributed by atoms with van der Waals surface area (Å²) in [7, 11) is 1.60. The number of nitrogens with zero attached hydrogens (tertiary/aromatic N) is 1. The molecular weight excluding hydrogens is 270 g/mol. The summed E-state index contributed by atoms with van der Waals surface area (Å²) in [5.74, 6) is -0.158. The Labute approximate surface area is 122 Å². The van der Waals surface area contributed by atoms with Crippen LogP contribution in [0.3, 0.4) is 0 Å². The van der Waals surface area contributed by atoms with E-state index in [1.807, 2.05) is 35.8 Å². The fraction of sp³-hybridized carbons (Fsp3) is 0.250. The number of carboxylic acids is 1. The number of hydrogen-bond donors (Lipinski definition) is 1. The van der Waals surface area contributed by atoms with Gasteiger partial charge in [0, 0.05) is 35.6 Å². The number of carbonyl (C=O) groups is 1. The molecule has 5 nitrogen and oxygen atoms in total. The van der Waals surface area contributed by atoms with Crippen molar-refractivity contribution in [2.45, 2.75) is 19.8 Å². The second kappa shape index (κ2) is 6.26. The molecule has 1 aromatic carbocycles. The molecule has 0 aliphatic carbocycles. The quantitative estimate of drug-likeness (QED) is 0.915. The van der Waals surface area contributed by atoms with E-state index in [1.165, 1.54) is 6.07 Å². The molecule has 21 heavy (non-hydrogen) atoms. The highest BCUT2D eigenvalue weighted by Gasteiger charge is 2.08. The largest absolute Gasteiger partial charge is 0.497 e. The summed E-state index contributed by atoms with van der Waals surface area (Å²) in [5.41, 5.74) is 2.06. The lowest BCUT2D eigenvalue weighted by Crippen LogP contribution is -2.15. The summed E-state index contributed by atoms with van der Waals surface area (Å²) in [6.07, 6.45) is 1.88. The summed E-state index contributed by atoms with van der Waals surface area (Å²) in [4.78, 5) is 22.6. The molecule has 1 heterocycles. The van der Waals surface area contributed by atoms with Crippen LogP contribution in [-0.2, 0) is 11.2 Å². The minimum Gasteiger partial charge on any atom is -0.497 e. The van der Waals surface area contributed by atoms with Crippen molar-refractivity contribution in [1.82, 2.24) is 4.57 Å². The summed E-state index contributed by atoms with van der Waals surface area (Å²) in [6.45, 7) is 1.84. The SMILES string of the molecule is COc1ccc(-n2cc(CCC(=O)O)c(=O)cc2C)cc1. The number of ether oxygens (including phenoxy) is 1. The maximum atomic E-state index is 11.9. The Morgan fingerprint density at radius 1 is 1.29 bits per heavy atom. The van der Waals surface area contributed by atoms with E-state index in [-0.39, 0.29) is 18.3 Å². The number of hydrogen-bond acceptors (Lipinski definition) is 3. The molecule has 110 valence electrons. The highest BCUT2D eigenvalue weighted by molar-refractivity contribution is 5.67. The first kappa shape index (κ1) is 14.8. The highest BCUT2D eigenvalue weighted by Crippen LogP contribution is 2.16. The fourth-order valence-electron chi connectivity index (χ4n) is 2.12. The molecule has 0 atom stereocenters. The van der Waals surface area contributed by atoms with Gasteiger partial charge in [-0.15, -0.1) is 0 Å². The molecule has 0 aliphatic rings. The molecule has 0 amide bonds. The van der Waals surface area contributed by atoms with Crippen molar-refractivity contribution in [1.29, 1.82) is 0 Å². The molecule has 0 bridgehead atoms. The predicted molar refractivity (Wildman–Crippen MR) is 79.3 cm³/mol. The van der Waals surface area contributed by atoms with Gasteiger partial charge in [-0.2, -0.15) is 0 Å². The molecule has 1 aromatic heterocycles. The van der Waals surface area contributed by atoms with Crippen LogP contribution < -0.4 is 10.2 Å². The van der Waals surface area contributed by atoms with Crippen LogP contribution in [0.2, 0.25) is 0 Å². The standard InChI is InChI=1S/C16H17NO4/c1-11-9-15(18)12(3-8-16(19)20)10-17(11)13-4-6-14(21-2)7-5-13/h4-7,9-10H,3,8H2,1-2H3,(H,19,20). The van der Waals surface area contributed by atoms with Gasteiger partial charge in [0.25, 0.3) is 0 Å². The molecule has 0 aliphatic heterocycles. The molecular formula is C16H17NO4. The smallest absolute Gasteiger partial charge is 0.303 e. The van der Waals surface area contributed by atoms with E-state index in [9.17, 15) is 9.59 Å². The first-order valence-corrected chi connectivity index (χ1v) is 6.59. The number of aromatic nitrogens is 1. The van der Waals surface area contributed by atoms with Crippen molar-refractivity contribution >= 4 is 5.97 Å². The zero-order chi connectivity index (χ0) is 15.4. The first-order chi connectivity index (χ1) is 10.0. The third-order valence-electron chi connectivity index (χ3n) is 3.28. The maximum Gasteiger partial charge on any atom is 0.303 e. The third-order valence-corrected chi connectivity index (χ3v) is 3.28. The number of carboxylic acid groups (broad SMARTS) is 1. The Balaban J connectivity index is 2.40. The fourth-order valence-corrected chi connectivity index (χ4v) is 2.12. The Morgan fingerprint density at radius 3 is 2.52 bits per heavy atom. The summed E-state index contributed by atoms with van der Waals surface area (Å²) >= 11 is 0. The van der Waals surface area contributed by atoms with E-state index in [4.69, 9.17) is 9.84 Å².